The van der Waals surface area contributed by atoms with Crippen LogP contribution in [0, 0.1) is 0 Å². The molecule has 0 saturated carbocycles. The standard InChI is InChI=1S/C14H20O4/c1-3-10-4-5-12(13(8-10)16-2)18-14-9-17-7-6-11(14)15/h4-5,8,11,14-15H,3,6-7,9H2,1-2H3. The van der Waals surface area contributed by atoms with Crippen LogP contribution in [0.5, 0.6) is 11.5 Å². The summed E-state index contributed by atoms with van der Waals surface area (Å²) in [5.74, 6) is 1.36. The first kappa shape index (κ1) is 13.2. The van der Waals surface area contributed by atoms with E-state index in [0.29, 0.717) is 31.1 Å². The lowest BCUT2D eigenvalue weighted by molar-refractivity contribution is -0.0740. The molecular weight excluding hydrogens is 232 g/mol. The van der Waals surface area contributed by atoms with Gasteiger partial charge in [-0.2, -0.15) is 0 Å². The molecule has 1 N–H and O–H groups in total. The van der Waals surface area contributed by atoms with Crippen LogP contribution < -0.4 is 9.47 Å². The van der Waals surface area contributed by atoms with Crippen molar-refractivity contribution in [2.75, 3.05) is 20.3 Å². The zero-order valence-corrected chi connectivity index (χ0v) is 10.9. The molecule has 1 heterocycles. The predicted molar refractivity (Wildman–Crippen MR) is 68.2 cm³/mol. The van der Waals surface area contributed by atoms with Crippen molar-refractivity contribution in [3.05, 3.63) is 23.8 Å². The molecule has 1 saturated heterocycles. The Labute approximate surface area is 107 Å². The van der Waals surface area contributed by atoms with Crippen LogP contribution in [-0.4, -0.2) is 37.6 Å². The second-order valence-corrected chi connectivity index (χ2v) is 4.43. The van der Waals surface area contributed by atoms with Crippen LogP contribution in [0.25, 0.3) is 0 Å². The van der Waals surface area contributed by atoms with E-state index in [1.54, 1.807) is 7.11 Å². The minimum atomic E-state index is -0.477. The monoisotopic (exact) mass is 252 g/mol. The minimum Gasteiger partial charge on any atom is -0.493 e. The fourth-order valence-electron chi connectivity index (χ4n) is 2.01. The minimum absolute atomic E-state index is 0.319. The fraction of sp³-hybridized carbons (Fsp3) is 0.571. The third-order valence-corrected chi connectivity index (χ3v) is 3.18. The molecular formula is C14H20O4. The number of aryl methyl sites for hydroxylation is 1. The maximum Gasteiger partial charge on any atom is 0.161 e. The number of hydrogen-bond donors (Lipinski definition) is 1. The molecule has 0 radical (unpaired) electrons. The van der Waals surface area contributed by atoms with E-state index in [-0.39, 0.29) is 6.10 Å². The number of aliphatic hydroxyl groups is 1. The van der Waals surface area contributed by atoms with Gasteiger partial charge in [0.15, 0.2) is 11.5 Å². The molecule has 1 aliphatic rings. The molecule has 2 rings (SSSR count). The summed E-state index contributed by atoms with van der Waals surface area (Å²) in [5, 5.41) is 9.85. The highest BCUT2D eigenvalue weighted by atomic mass is 16.6. The molecule has 4 heteroatoms. The van der Waals surface area contributed by atoms with Gasteiger partial charge in [0, 0.05) is 13.0 Å². The Morgan fingerprint density at radius 3 is 2.89 bits per heavy atom. The molecule has 100 valence electrons. The van der Waals surface area contributed by atoms with Crippen molar-refractivity contribution < 1.29 is 19.3 Å². The van der Waals surface area contributed by atoms with Crippen LogP contribution in [0.2, 0.25) is 0 Å². The second-order valence-electron chi connectivity index (χ2n) is 4.43. The summed E-state index contributed by atoms with van der Waals surface area (Å²) in [6.07, 6.45) is 0.765. The molecule has 1 fully saturated rings. The number of aliphatic hydroxyl groups excluding tert-OH is 1. The van der Waals surface area contributed by atoms with Crippen molar-refractivity contribution >= 4 is 0 Å². The lowest BCUT2D eigenvalue weighted by atomic mass is 10.1. The third kappa shape index (κ3) is 2.94. The van der Waals surface area contributed by atoms with Crippen molar-refractivity contribution in [2.24, 2.45) is 0 Å². The highest BCUT2D eigenvalue weighted by molar-refractivity contribution is 5.43. The normalized spacial score (nSPS) is 23.7. The average molecular weight is 252 g/mol. The van der Waals surface area contributed by atoms with E-state index in [4.69, 9.17) is 14.2 Å². The summed E-state index contributed by atoms with van der Waals surface area (Å²) in [6.45, 7) is 3.10. The summed E-state index contributed by atoms with van der Waals surface area (Å²) >= 11 is 0. The molecule has 18 heavy (non-hydrogen) atoms. The first-order valence-electron chi connectivity index (χ1n) is 6.34. The van der Waals surface area contributed by atoms with Crippen molar-refractivity contribution in [1.82, 2.24) is 0 Å². The second kappa shape index (κ2) is 6.07. The molecule has 1 aromatic rings. The Balaban J connectivity index is 2.12. The molecule has 0 bridgehead atoms. The SMILES string of the molecule is CCc1ccc(OC2COCCC2O)c(OC)c1. The quantitative estimate of drug-likeness (QED) is 0.887. The summed E-state index contributed by atoms with van der Waals surface area (Å²) in [5.41, 5.74) is 1.19. The van der Waals surface area contributed by atoms with Gasteiger partial charge in [0.25, 0.3) is 0 Å². The maximum absolute atomic E-state index is 9.85. The lowest BCUT2D eigenvalue weighted by Gasteiger charge is -2.28. The molecule has 4 nitrogen and oxygen atoms in total. The van der Waals surface area contributed by atoms with Gasteiger partial charge in [-0.15, -0.1) is 0 Å². The summed E-state index contributed by atoms with van der Waals surface area (Å²) in [6, 6.07) is 5.86. The van der Waals surface area contributed by atoms with E-state index in [2.05, 4.69) is 6.92 Å². The number of benzene rings is 1. The van der Waals surface area contributed by atoms with Crippen LogP contribution in [0.3, 0.4) is 0 Å². The highest BCUT2D eigenvalue weighted by Crippen LogP contribution is 2.30. The van der Waals surface area contributed by atoms with Gasteiger partial charge in [-0.05, 0) is 24.1 Å². The molecule has 0 amide bonds. The molecule has 0 aromatic heterocycles. The summed E-state index contributed by atoms with van der Waals surface area (Å²) < 4.78 is 16.4. The van der Waals surface area contributed by atoms with Crippen molar-refractivity contribution in [3.8, 4) is 11.5 Å². The van der Waals surface area contributed by atoms with Gasteiger partial charge >= 0.3 is 0 Å². The van der Waals surface area contributed by atoms with Crippen molar-refractivity contribution in [3.63, 3.8) is 0 Å². The van der Waals surface area contributed by atoms with E-state index in [1.165, 1.54) is 5.56 Å². The average Bonchev–Trinajstić information content (AvgIpc) is 2.41. The Hall–Kier alpha value is -1.26. The Morgan fingerprint density at radius 1 is 1.39 bits per heavy atom. The van der Waals surface area contributed by atoms with E-state index in [9.17, 15) is 5.11 Å². The smallest absolute Gasteiger partial charge is 0.161 e. The van der Waals surface area contributed by atoms with Gasteiger partial charge in [0.05, 0.1) is 19.8 Å². The van der Waals surface area contributed by atoms with Crippen LogP contribution in [0.15, 0.2) is 18.2 Å². The van der Waals surface area contributed by atoms with Crippen LogP contribution in [-0.2, 0) is 11.2 Å². The van der Waals surface area contributed by atoms with Gasteiger partial charge in [-0.1, -0.05) is 13.0 Å². The van der Waals surface area contributed by atoms with Crippen molar-refractivity contribution in [1.29, 1.82) is 0 Å². The molecule has 2 atom stereocenters. The Kier molecular flexibility index (Phi) is 4.44. The topological polar surface area (TPSA) is 47.9 Å². The zero-order chi connectivity index (χ0) is 13.0. The molecule has 0 aliphatic carbocycles. The van der Waals surface area contributed by atoms with E-state index < -0.39 is 6.10 Å². The third-order valence-electron chi connectivity index (χ3n) is 3.18. The first-order chi connectivity index (χ1) is 8.74. The number of rotatable bonds is 4. The fourth-order valence-corrected chi connectivity index (χ4v) is 2.01. The Morgan fingerprint density at radius 2 is 2.22 bits per heavy atom. The van der Waals surface area contributed by atoms with E-state index >= 15 is 0 Å². The molecule has 2 unspecified atom stereocenters. The van der Waals surface area contributed by atoms with E-state index in [1.807, 2.05) is 18.2 Å². The van der Waals surface area contributed by atoms with Gasteiger partial charge in [0.2, 0.25) is 0 Å². The summed E-state index contributed by atoms with van der Waals surface area (Å²) in [7, 11) is 1.62. The number of methoxy groups -OCH3 is 1. The molecule has 1 aromatic carbocycles. The zero-order valence-electron chi connectivity index (χ0n) is 10.9. The van der Waals surface area contributed by atoms with Crippen LogP contribution in [0.1, 0.15) is 18.9 Å². The molecule has 0 spiro atoms. The predicted octanol–water partition coefficient (Wildman–Crippen LogP) is 1.79. The van der Waals surface area contributed by atoms with E-state index in [0.717, 1.165) is 6.42 Å². The molecule has 1 aliphatic heterocycles. The first-order valence-corrected chi connectivity index (χ1v) is 6.34. The number of ether oxygens (including phenoxy) is 3. The Bertz CT molecular complexity index is 391. The number of hydrogen-bond acceptors (Lipinski definition) is 4. The lowest BCUT2D eigenvalue weighted by Crippen LogP contribution is -2.40. The van der Waals surface area contributed by atoms with Crippen LogP contribution >= 0.6 is 0 Å². The van der Waals surface area contributed by atoms with Gasteiger partial charge in [0.1, 0.15) is 6.10 Å². The van der Waals surface area contributed by atoms with Crippen molar-refractivity contribution in [2.45, 2.75) is 32.0 Å². The maximum atomic E-state index is 9.85. The summed E-state index contributed by atoms with van der Waals surface area (Å²) in [4.78, 5) is 0. The van der Waals surface area contributed by atoms with Gasteiger partial charge < -0.3 is 19.3 Å². The highest BCUT2D eigenvalue weighted by Gasteiger charge is 2.26. The largest absolute Gasteiger partial charge is 0.493 e. The van der Waals surface area contributed by atoms with Gasteiger partial charge in [-0.25, -0.2) is 0 Å². The van der Waals surface area contributed by atoms with Gasteiger partial charge in [-0.3, -0.25) is 0 Å². The van der Waals surface area contributed by atoms with Crippen LogP contribution in [0.4, 0.5) is 0 Å².